The van der Waals surface area contributed by atoms with E-state index in [9.17, 15) is 8.42 Å². The standard InChI is InChI=1S/C5H12N2O3S/c1-10-5-4-7-3-2-6-11(7,8)9/h6H,2-5H2,1H3. The fourth-order valence-corrected chi connectivity index (χ4v) is 2.11. The Morgan fingerprint density at radius 2 is 2.36 bits per heavy atom. The lowest BCUT2D eigenvalue weighted by atomic mass is 10.6. The highest BCUT2D eigenvalue weighted by molar-refractivity contribution is 7.87. The Labute approximate surface area is 66.5 Å². The van der Waals surface area contributed by atoms with Crippen LogP contribution in [0.2, 0.25) is 0 Å². The largest absolute Gasteiger partial charge is 0.383 e. The van der Waals surface area contributed by atoms with E-state index in [1.54, 1.807) is 7.11 Å². The Balaban J connectivity index is 2.45. The van der Waals surface area contributed by atoms with Gasteiger partial charge in [0, 0.05) is 26.7 Å². The molecule has 0 aliphatic carbocycles. The molecule has 66 valence electrons. The number of nitrogens with one attached hydrogen (secondary N) is 1. The number of nitrogens with zero attached hydrogens (tertiary/aromatic N) is 1. The summed E-state index contributed by atoms with van der Waals surface area (Å²) in [5, 5.41) is 0. The molecule has 0 aromatic rings. The SMILES string of the molecule is COCCN1CCNS1(=O)=O. The average Bonchev–Trinajstić information content (AvgIpc) is 2.25. The minimum Gasteiger partial charge on any atom is -0.383 e. The van der Waals surface area contributed by atoms with Crippen molar-refractivity contribution in [1.82, 2.24) is 9.03 Å². The zero-order valence-corrected chi connectivity index (χ0v) is 7.23. The highest BCUT2D eigenvalue weighted by Crippen LogP contribution is 2.02. The molecule has 0 amide bonds. The number of hydrogen-bond donors (Lipinski definition) is 1. The summed E-state index contributed by atoms with van der Waals surface area (Å²) in [6, 6.07) is 0. The van der Waals surface area contributed by atoms with Crippen molar-refractivity contribution in [3.8, 4) is 0 Å². The summed E-state index contributed by atoms with van der Waals surface area (Å²) >= 11 is 0. The Morgan fingerprint density at radius 3 is 2.82 bits per heavy atom. The first-order chi connectivity index (χ1) is 5.17. The molecule has 0 radical (unpaired) electrons. The van der Waals surface area contributed by atoms with E-state index in [2.05, 4.69) is 4.72 Å². The summed E-state index contributed by atoms with van der Waals surface area (Å²) in [5.41, 5.74) is 0. The maximum absolute atomic E-state index is 11.0. The number of methoxy groups -OCH3 is 1. The molecule has 6 heteroatoms. The molecule has 1 N–H and O–H groups in total. The van der Waals surface area contributed by atoms with Gasteiger partial charge in [0.1, 0.15) is 0 Å². The summed E-state index contributed by atoms with van der Waals surface area (Å²) < 4.78 is 30.6. The Bertz CT molecular complexity index is 214. The Hall–Kier alpha value is -0.170. The first-order valence-corrected chi connectivity index (χ1v) is 4.84. The van der Waals surface area contributed by atoms with Gasteiger partial charge in [-0.3, -0.25) is 0 Å². The fourth-order valence-electron chi connectivity index (χ4n) is 0.936. The van der Waals surface area contributed by atoms with Gasteiger partial charge in [0.2, 0.25) is 0 Å². The molecule has 1 rings (SSSR count). The van der Waals surface area contributed by atoms with Crippen molar-refractivity contribution in [2.24, 2.45) is 0 Å². The van der Waals surface area contributed by atoms with Gasteiger partial charge in [-0.2, -0.15) is 12.7 Å². The maximum atomic E-state index is 11.0. The molecule has 1 aliphatic heterocycles. The molecule has 5 nitrogen and oxygen atoms in total. The number of rotatable bonds is 3. The lowest BCUT2D eigenvalue weighted by Gasteiger charge is -2.11. The van der Waals surface area contributed by atoms with E-state index >= 15 is 0 Å². The predicted molar refractivity (Wildman–Crippen MR) is 40.4 cm³/mol. The first-order valence-electron chi connectivity index (χ1n) is 3.40. The first kappa shape index (κ1) is 8.92. The van der Waals surface area contributed by atoms with Gasteiger partial charge in [0.25, 0.3) is 10.2 Å². The molecule has 0 spiro atoms. The third-order valence-electron chi connectivity index (χ3n) is 1.53. The summed E-state index contributed by atoms with van der Waals surface area (Å²) in [5.74, 6) is 0. The van der Waals surface area contributed by atoms with Gasteiger partial charge >= 0.3 is 0 Å². The molecule has 11 heavy (non-hydrogen) atoms. The van der Waals surface area contributed by atoms with Gasteiger partial charge in [-0.15, -0.1) is 0 Å². The van der Waals surface area contributed by atoms with Crippen LogP contribution >= 0.6 is 0 Å². The van der Waals surface area contributed by atoms with Gasteiger partial charge in [0.15, 0.2) is 0 Å². The second-order valence-electron chi connectivity index (χ2n) is 2.29. The minimum absolute atomic E-state index is 0.436. The Morgan fingerprint density at radius 1 is 1.64 bits per heavy atom. The van der Waals surface area contributed by atoms with Crippen molar-refractivity contribution < 1.29 is 13.2 Å². The van der Waals surface area contributed by atoms with Gasteiger partial charge in [-0.1, -0.05) is 0 Å². The average molecular weight is 180 g/mol. The van der Waals surface area contributed by atoms with Gasteiger partial charge in [-0.25, -0.2) is 4.72 Å². The molecule has 0 atom stereocenters. The highest BCUT2D eigenvalue weighted by Gasteiger charge is 2.26. The lowest BCUT2D eigenvalue weighted by molar-refractivity contribution is 0.182. The van der Waals surface area contributed by atoms with Crippen LogP contribution in [0.3, 0.4) is 0 Å². The molecular formula is C5H12N2O3S. The Kier molecular flexibility index (Phi) is 2.83. The zero-order chi connectivity index (χ0) is 8.32. The minimum atomic E-state index is -3.16. The van der Waals surface area contributed by atoms with Gasteiger partial charge < -0.3 is 4.74 Å². The second-order valence-corrected chi connectivity index (χ2v) is 4.05. The maximum Gasteiger partial charge on any atom is 0.279 e. The number of ether oxygens (including phenoxy) is 1. The molecule has 0 bridgehead atoms. The van der Waals surface area contributed by atoms with E-state index in [0.29, 0.717) is 26.2 Å². The van der Waals surface area contributed by atoms with Crippen molar-refractivity contribution in [3.05, 3.63) is 0 Å². The normalized spacial score (nSPS) is 24.1. The molecule has 0 saturated carbocycles. The predicted octanol–water partition coefficient (Wildman–Crippen LogP) is -1.22. The molecular weight excluding hydrogens is 168 g/mol. The quantitative estimate of drug-likeness (QED) is 0.592. The molecule has 0 aromatic carbocycles. The fraction of sp³-hybridized carbons (Fsp3) is 1.00. The van der Waals surface area contributed by atoms with Crippen LogP contribution in [0.15, 0.2) is 0 Å². The smallest absolute Gasteiger partial charge is 0.279 e. The monoisotopic (exact) mass is 180 g/mol. The van der Waals surface area contributed by atoms with Crippen LogP contribution in [-0.2, 0) is 14.9 Å². The van der Waals surface area contributed by atoms with Crippen molar-refractivity contribution in [2.45, 2.75) is 0 Å². The van der Waals surface area contributed by atoms with E-state index < -0.39 is 10.2 Å². The van der Waals surface area contributed by atoms with E-state index in [-0.39, 0.29) is 0 Å². The summed E-state index contributed by atoms with van der Waals surface area (Å²) in [7, 11) is -1.60. The molecule has 1 heterocycles. The third kappa shape index (κ3) is 2.13. The van der Waals surface area contributed by atoms with Crippen molar-refractivity contribution in [2.75, 3.05) is 33.4 Å². The summed E-state index contributed by atoms with van der Waals surface area (Å²) in [4.78, 5) is 0. The zero-order valence-electron chi connectivity index (χ0n) is 6.41. The lowest BCUT2D eigenvalue weighted by Crippen LogP contribution is -2.32. The van der Waals surface area contributed by atoms with E-state index in [4.69, 9.17) is 4.74 Å². The van der Waals surface area contributed by atoms with Crippen LogP contribution in [0, 0.1) is 0 Å². The topological polar surface area (TPSA) is 58.6 Å². The number of hydrogen-bond acceptors (Lipinski definition) is 3. The van der Waals surface area contributed by atoms with Crippen molar-refractivity contribution >= 4 is 10.2 Å². The van der Waals surface area contributed by atoms with E-state index in [1.807, 2.05) is 0 Å². The van der Waals surface area contributed by atoms with Crippen LogP contribution in [0.25, 0.3) is 0 Å². The summed E-state index contributed by atoms with van der Waals surface area (Å²) in [6.45, 7) is 1.94. The van der Waals surface area contributed by atoms with Crippen molar-refractivity contribution in [3.63, 3.8) is 0 Å². The summed E-state index contributed by atoms with van der Waals surface area (Å²) in [6.07, 6.45) is 0. The van der Waals surface area contributed by atoms with Crippen LogP contribution in [0.1, 0.15) is 0 Å². The van der Waals surface area contributed by atoms with E-state index in [1.165, 1.54) is 4.31 Å². The van der Waals surface area contributed by atoms with E-state index in [0.717, 1.165) is 0 Å². The highest BCUT2D eigenvalue weighted by atomic mass is 32.2. The molecule has 0 unspecified atom stereocenters. The molecule has 1 aliphatic rings. The van der Waals surface area contributed by atoms with Crippen LogP contribution in [0.4, 0.5) is 0 Å². The van der Waals surface area contributed by atoms with Crippen molar-refractivity contribution in [1.29, 1.82) is 0 Å². The van der Waals surface area contributed by atoms with Gasteiger partial charge in [0.05, 0.1) is 6.61 Å². The second kappa shape index (κ2) is 3.48. The molecule has 0 aromatic heterocycles. The van der Waals surface area contributed by atoms with Crippen LogP contribution < -0.4 is 4.72 Å². The van der Waals surface area contributed by atoms with Crippen LogP contribution in [0.5, 0.6) is 0 Å². The third-order valence-corrected chi connectivity index (χ3v) is 3.14. The molecule has 1 fully saturated rings. The molecule has 1 saturated heterocycles. The van der Waals surface area contributed by atoms with Crippen LogP contribution in [-0.4, -0.2) is 46.1 Å². The van der Waals surface area contributed by atoms with Gasteiger partial charge in [-0.05, 0) is 0 Å².